The van der Waals surface area contributed by atoms with Gasteiger partial charge in [-0.05, 0) is 59.7 Å². The molecule has 0 radical (unpaired) electrons. The van der Waals surface area contributed by atoms with Crippen LogP contribution < -0.4 is 9.64 Å². The van der Waals surface area contributed by atoms with E-state index in [1.54, 1.807) is 48.5 Å². The number of carbonyl (C=O) groups is 1. The molecule has 0 bridgehead atoms. The highest BCUT2D eigenvalue weighted by Gasteiger charge is 2.45. The van der Waals surface area contributed by atoms with Crippen molar-refractivity contribution in [2.45, 2.75) is 18.8 Å². The number of hydrogen-bond acceptors (Lipinski definition) is 5. The van der Waals surface area contributed by atoms with Crippen molar-refractivity contribution in [2.24, 2.45) is 5.16 Å². The summed E-state index contributed by atoms with van der Waals surface area (Å²) in [5.41, 5.74) is 1.64. The molecule has 1 heterocycles. The molecular formula is C32H25F3N2O4. The van der Waals surface area contributed by atoms with Gasteiger partial charge in [-0.25, -0.2) is 0 Å². The smallest absolute Gasteiger partial charge is 0.416 e. The van der Waals surface area contributed by atoms with E-state index in [0.717, 1.165) is 17.7 Å². The minimum atomic E-state index is -4.54. The average molecular weight is 559 g/mol. The first-order valence-corrected chi connectivity index (χ1v) is 12.7. The molecule has 4 aromatic carbocycles. The van der Waals surface area contributed by atoms with E-state index in [1.807, 2.05) is 36.4 Å². The Morgan fingerprint density at radius 2 is 1.49 bits per heavy atom. The summed E-state index contributed by atoms with van der Waals surface area (Å²) >= 11 is 0. The molecule has 0 saturated carbocycles. The van der Waals surface area contributed by atoms with Crippen molar-refractivity contribution in [1.82, 2.24) is 0 Å². The Kier molecular flexibility index (Phi) is 7.78. The van der Waals surface area contributed by atoms with E-state index in [4.69, 9.17) is 9.47 Å². The van der Waals surface area contributed by atoms with E-state index < -0.39 is 23.7 Å². The predicted octanol–water partition coefficient (Wildman–Crippen LogP) is 7.15. The second kappa shape index (κ2) is 11.6. The van der Waals surface area contributed by atoms with Gasteiger partial charge in [0.1, 0.15) is 18.1 Å². The van der Waals surface area contributed by atoms with Crippen LogP contribution in [-0.2, 0) is 22.3 Å². The number of anilines is 1. The number of oxime groups is 1. The Morgan fingerprint density at radius 1 is 0.878 bits per heavy atom. The highest BCUT2D eigenvalue weighted by Crippen LogP contribution is 2.44. The molecule has 4 aromatic rings. The molecule has 0 spiro atoms. The maximum Gasteiger partial charge on any atom is 0.416 e. The van der Waals surface area contributed by atoms with Gasteiger partial charge < -0.3 is 14.7 Å². The van der Waals surface area contributed by atoms with Crippen LogP contribution in [0.2, 0.25) is 0 Å². The number of nitrogens with zero attached hydrogens (tertiary/aromatic N) is 2. The third-order valence-corrected chi connectivity index (χ3v) is 6.72. The second-order valence-corrected chi connectivity index (χ2v) is 9.23. The molecule has 0 fully saturated rings. The Balaban J connectivity index is 1.68. The van der Waals surface area contributed by atoms with Gasteiger partial charge in [0.05, 0.1) is 24.3 Å². The lowest BCUT2D eigenvalue weighted by Gasteiger charge is -2.27. The van der Waals surface area contributed by atoms with Gasteiger partial charge in [-0.1, -0.05) is 65.8 Å². The molecule has 1 atom stereocenters. The number of alkyl halides is 3. The summed E-state index contributed by atoms with van der Waals surface area (Å²) in [5, 5.41) is 13.9. The van der Waals surface area contributed by atoms with E-state index in [2.05, 4.69) is 5.16 Å². The second-order valence-electron chi connectivity index (χ2n) is 9.23. The Morgan fingerprint density at radius 3 is 2.05 bits per heavy atom. The van der Waals surface area contributed by atoms with Gasteiger partial charge in [0.2, 0.25) is 0 Å². The first kappa shape index (κ1) is 27.5. The molecule has 6 nitrogen and oxygen atoms in total. The number of rotatable bonds is 8. The fraction of sp³-hybridized carbons (Fsp3) is 0.125. The Bertz CT molecular complexity index is 1570. The number of benzene rings is 4. The number of hydrogen-bond donors (Lipinski definition) is 1. The maximum absolute atomic E-state index is 14.1. The molecule has 0 saturated heterocycles. The van der Waals surface area contributed by atoms with Gasteiger partial charge >= 0.3 is 6.18 Å². The largest absolute Gasteiger partial charge is 0.497 e. The molecule has 1 amide bonds. The van der Waals surface area contributed by atoms with E-state index in [0.29, 0.717) is 16.9 Å². The van der Waals surface area contributed by atoms with Crippen molar-refractivity contribution in [3.63, 3.8) is 0 Å². The molecule has 1 aliphatic heterocycles. The van der Waals surface area contributed by atoms with Gasteiger partial charge in [0.15, 0.2) is 5.76 Å². The van der Waals surface area contributed by atoms with Crippen molar-refractivity contribution in [2.75, 3.05) is 12.0 Å². The molecule has 0 aliphatic carbocycles. The van der Waals surface area contributed by atoms with Gasteiger partial charge in [-0.2, -0.15) is 13.2 Å². The van der Waals surface area contributed by atoms with Crippen molar-refractivity contribution in [1.29, 1.82) is 0 Å². The van der Waals surface area contributed by atoms with Crippen LogP contribution in [0.1, 0.15) is 28.3 Å². The van der Waals surface area contributed by atoms with Crippen molar-refractivity contribution >= 4 is 17.3 Å². The highest BCUT2D eigenvalue weighted by molar-refractivity contribution is 6.23. The van der Waals surface area contributed by atoms with Crippen molar-refractivity contribution < 1.29 is 32.6 Å². The van der Waals surface area contributed by atoms with Crippen LogP contribution in [0.25, 0.3) is 0 Å². The summed E-state index contributed by atoms with van der Waals surface area (Å²) in [5.74, 6) is -0.0838. The van der Waals surface area contributed by atoms with E-state index in [1.165, 1.54) is 24.1 Å². The summed E-state index contributed by atoms with van der Waals surface area (Å²) in [4.78, 5) is 15.5. The van der Waals surface area contributed by atoms with E-state index in [9.17, 15) is 23.2 Å². The average Bonchev–Trinajstić information content (AvgIpc) is 3.28. The lowest BCUT2D eigenvalue weighted by atomic mass is 9.92. The van der Waals surface area contributed by atoms with E-state index >= 15 is 0 Å². The van der Waals surface area contributed by atoms with Crippen LogP contribution in [0.5, 0.6) is 5.75 Å². The van der Waals surface area contributed by atoms with Crippen molar-refractivity contribution in [3.05, 3.63) is 143 Å². The zero-order chi connectivity index (χ0) is 29.0. The van der Waals surface area contributed by atoms with Crippen molar-refractivity contribution in [3.8, 4) is 5.75 Å². The third kappa shape index (κ3) is 5.65. The molecule has 1 unspecified atom stereocenters. The number of ether oxygens (including phenoxy) is 2. The SMILES string of the molecule is COc1ccc(C(=NO)C2=C(OCc3ccccc3)C(=O)N(c3ccc(C(F)(F)F)cc3)C2c2ccccc2)cc1. The Hall–Kier alpha value is -5.05. The lowest BCUT2D eigenvalue weighted by Crippen LogP contribution is -2.31. The van der Waals surface area contributed by atoms with Crippen LogP contribution >= 0.6 is 0 Å². The number of halogens is 3. The summed E-state index contributed by atoms with van der Waals surface area (Å²) in [6.45, 7) is 0.0368. The summed E-state index contributed by atoms with van der Waals surface area (Å²) in [6.07, 6.45) is -4.54. The van der Waals surface area contributed by atoms with Crippen LogP contribution in [-0.4, -0.2) is 23.9 Å². The molecule has 1 aliphatic rings. The molecule has 1 N–H and O–H groups in total. The Labute approximate surface area is 234 Å². The van der Waals surface area contributed by atoms with Gasteiger partial charge in [-0.15, -0.1) is 0 Å². The molecule has 41 heavy (non-hydrogen) atoms. The zero-order valence-electron chi connectivity index (χ0n) is 21.9. The quantitative estimate of drug-likeness (QED) is 0.142. The lowest BCUT2D eigenvalue weighted by molar-refractivity contribution is -0.137. The van der Waals surface area contributed by atoms with Gasteiger partial charge in [-0.3, -0.25) is 9.69 Å². The number of amides is 1. The van der Waals surface area contributed by atoms with Crippen LogP contribution in [0.15, 0.2) is 126 Å². The first-order chi connectivity index (χ1) is 19.8. The highest BCUT2D eigenvalue weighted by atomic mass is 19.4. The fourth-order valence-electron chi connectivity index (χ4n) is 4.75. The third-order valence-electron chi connectivity index (χ3n) is 6.72. The minimum Gasteiger partial charge on any atom is -0.497 e. The standard InChI is InChI=1S/C32H25F3N2O4/c1-40-26-18-12-22(13-19-26)28(36-39)27-29(23-10-6-3-7-11-23)37(25-16-14-24(15-17-25)32(33,34)35)31(38)30(27)41-20-21-8-4-2-5-9-21/h2-19,29,39H,20H2,1H3. The zero-order valence-corrected chi connectivity index (χ0v) is 21.9. The maximum atomic E-state index is 14.1. The molecule has 208 valence electrons. The molecular weight excluding hydrogens is 533 g/mol. The van der Waals surface area contributed by atoms with Gasteiger partial charge in [0.25, 0.3) is 5.91 Å². The summed E-state index contributed by atoms with van der Waals surface area (Å²) < 4.78 is 51.4. The van der Waals surface area contributed by atoms with Crippen LogP contribution in [0.4, 0.5) is 18.9 Å². The van der Waals surface area contributed by atoms with E-state index in [-0.39, 0.29) is 29.3 Å². The van der Waals surface area contributed by atoms with Gasteiger partial charge in [0, 0.05) is 11.3 Å². The molecule has 0 aromatic heterocycles. The minimum absolute atomic E-state index is 0.0368. The summed E-state index contributed by atoms with van der Waals surface area (Å²) in [7, 11) is 1.52. The predicted molar refractivity (Wildman–Crippen MR) is 148 cm³/mol. The van der Waals surface area contributed by atoms with Crippen LogP contribution in [0, 0.1) is 0 Å². The normalized spacial score (nSPS) is 15.8. The first-order valence-electron chi connectivity index (χ1n) is 12.7. The fourth-order valence-corrected chi connectivity index (χ4v) is 4.75. The molecule has 9 heteroatoms. The monoisotopic (exact) mass is 558 g/mol. The topological polar surface area (TPSA) is 71.4 Å². The van der Waals surface area contributed by atoms with Crippen LogP contribution in [0.3, 0.4) is 0 Å². The molecule has 5 rings (SSSR count). The summed E-state index contributed by atoms with van der Waals surface area (Å²) in [6, 6.07) is 28.4. The number of methoxy groups -OCH3 is 1. The number of carbonyl (C=O) groups excluding carboxylic acids is 1.